The third-order valence-electron chi connectivity index (χ3n) is 4.84. The maximum absolute atomic E-state index is 12.7. The second kappa shape index (κ2) is 8.47. The minimum absolute atomic E-state index is 0.123. The molecule has 1 amide bonds. The van der Waals surface area contributed by atoms with Gasteiger partial charge in [0.15, 0.2) is 0 Å². The van der Waals surface area contributed by atoms with Crippen molar-refractivity contribution in [1.29, 1.82) is 10.5 Å². The van der Waals surface area contributed by atoms with Gasteiger partial charge in [0.25, 0.3) is 5.91 Å². The van der Waals surface area contributed by atoms with Crippen LogP contribution in [0.4, 0.5) is 5.82 Å². The number of aliphatic hydroxyl groups excluding tert-OH is 1. The number of nitrogens with zero attached hydrogens (tertiary/aromatic N) is 4. The fraction of sp³-hybridized carbons (Fsp3) is 0.227. The number of hydrogen-bond donors (Lipinski definition) is 2. The molecular formula is C22H19N5O2. The molecule has 1 aromatic heterocycles. The molecule has 29 heavy (non-hydrogen) atoms. The molecule has 0 aliphatic carbocycles. The maximum atomic E-state index is 12.7. The number of carbonyl (C=O) groups excluding carboxylic acids is 1. The molecule has 3 rings (SSSR count). The highest BCUT2D eigenvalue weighted by Crippen LogP contribution is 2.38. The third kappa shape index (κ3) is 4.06. The van der Waals surface area contributed by atoms with Crippen molar-refractivity contribution < 1.29 is 9.90 Å². The van der Waals surface area contributed by atoms with Crippen molar-refractivity contribution >= 4 is 17.4 Å². The average molecular weight is 385 g/mol. The molecule has 2 N–H and O–H groups in total. The summed E-state index contributed by atoms with van der Waals surface area (Å²) in [6.45, 7) is 3.40. The molecule has 2 atom stereocenters. The van der Waals surface area contributed by atoms with E-state index < -0.39 is 11.8 Å². The number of anilines is 1. The number of benzene rings is 1. The van der Waals surface area contributed by atoms with Crippen LogP contribution >= 0.6 is 0 Å². The molecule has 144 valence electrons. The van der Waals surface area contributed by atoms with Gasteiger partial charge >= 0.3 is 0 Å². The van der Waals surface area contributed by atoms with Gasteiger partial charge in [0.2, 0.25) is 0 Å². The number of pyridine rings is 1. The van der Waals surface area contributed by atoms with Crippen molar-refractivity contribution in [3.63, 3.8) is 0 Å². The van der Waals surface area contributed by atoms with Crippen molar-refractivity contribution in [2.45, 2.75) is 26.4 Å². The molecule has 0 bridgehead atoms. The number of nitrogens with one attached hydrogen (secondary N) is 1. The van der Waals surface area contributed by atoms with Crippen LogP contribution in [0.3, 0.4) is 0 Å². The summed E-state index contributed by atoms with van der Waals surface area (Å²) in [7, 11) is 0. The van der Waals surface area contributed by atoms with Gasteiger partial charge in [0, 0.05) is 23.4 Å². The summed E-state index contributed by atoms with van der Waals surface area (Å²) >= 11 is 0. The lowest BCUT2D eigenvalue weighted by Crippen LogP contribution is -2.25. The van der Waals surface area contributed by atoms with Gasteiger partial charge in [-0.15, -0.1) is 0 Å². The normalized spacial score (nSPS) is 18.4. The minimum Gasteiger partial charge on any atom is -0.392 e. The topological polar surface area (TPSA) is 122 Å². The standard InChI is InChI=1S/C22H19N5O2/c1-13-18(9-23)21(19(10-24)14(2)26-13)16-4-3-5-17(8-16)22(29)27-20-7-6-15(12-28)11-25-20/h3-8,11,18,21,28H,12H2,1-2H3,(H,25,27,29). The van der Waals surface area contributed by atoms with E-state index in [2.05, 4.69) is 27.4 Å². The van der Waals surface area contributed by atoms with E-state index in [0.29, 0.717) is 39.5 Å². The zero-order valence-electron chi connectivity index (χ0n) is 16.0. The third-order valence-corrected chi connectivity index (χ3v) is 4.84. The lowest BCUT2D eigenvalue weighted by atomic mass is 9.76. The van der Waals surface area contributed by atoms with Gasteiger partial charge in [0.05, 0.1) is 35.9 Å². The number of amides is 1. The van der Waals surface area contributed by atoms with Crippen LogP contribution < -0.4 is 5.32 Å². The van der Waals surface area contributed by atoms with E-state index in [4.69, 9.17) is 5.11 Å². The Bertz CT molecular complexity index is 1090. The Morgan fingerprint density at radius 2 is 2.03 bits per heavy atom. The van der Waals surface area contributed by atoms with Gasteiger partial charge < -0.3 is 10.4 Å². The molecule has 7 heteroatoms. The maximum Gasteiger partial charge on any atom is 0.256 e. The number of allylic oxidation sites excluding steroid dienone is 2. The Labute approximate surface area is 168 Å². The number of hydrogen-bond acceptors (Lipinski definition) is 6. The zero-order chi connectivity index (χ0) is 21.0. The van der Waals surface area contributed by atoms with E-state index in [0.717, 1.165) is 0 Å². The Morgan fingerprint density at radius 1 is 1.24 bits per heavy atom. The molecule has 2 aromatic rings. The second-order valence-corrected chi connectivity index (χ2v) is 6.74. The zero-order valence-corrected chi connectivity index (χ0v) is 16.0. The van der Waals surface area contributed by atoms with Crippen LogP contribution in [0, 0.1) is 28.6 Å². The summed E-state index contributed by atoms with van der Waals surface area (Å²) in [6.07, 6.45) is 1.49. The van der Waals surface area contributed by atoms with Gasteiger partial charge in [-0.05, 0) is 43.2 Å². The summed E-state index contributed by atoms with van der Waals surface area (Å²) in [5.41, 5.74) is 3.41. The molecular weight excluding hydrogens is 366 g/mol. The summed E-state index contributed by atoms with van der Waals surface area (Å²) < 4.78 is 0. The summed E-state index contributed by atoms with van der Waals surface area (Å²) in [4.78, 5) is 21.1. The number of aliphatic hydroxyl groups is 1. The van der Waals surface area contributed by atoms with Crippen LogP contribution in [0.5, 0.6) is 0 Å². The molecule has 0 saturated carbocycles. The second-order valence-electron chi connectivity index (χ2n) is 6.74. The molecule has 0 spiro atoms. The van der Waals surface area contributed by atoms with Crippen LogP contribution in [0.25, 0.3) is 0 Å². The fourth-order valence-electron chi connectivity index (χ4n) is 3.36. The van der Waals surface area contributed by atoms with Crippen molar-refractivity contribution in [3.05, 3.63) is 70.6 Å². The number of carbonyl (C=O) groups is 1. The number of rotatable bonds is 4. The van der Waals surface area contributed by atoms with Gasteiger partial charge in [-0.3, -0.25) is 9.79 Å². The predicted octanol–water partition coefficient (Wildman–Crippen LogP) is 3.32. The van der Waals surface area contributed by atoms with E-state index in [-0.39, 0.29) is 12.5 Å². The fourth-order valence-corrected chi connectivity index (χ4v) is 3.36. The van der Waals surface area contributed by atoms with Crippen molar-refractivity contribution in [3.8, 4) is 12.1 Å². The summed E-state index contributed by atoms with van der Waals surface area (Å²) in [5, 5.41) is 31.0. The molecule has 1 aromatic carbocycles. The van der Waals surface area contributed by atoms with Crippen LogP contribution in [-0.4, -0.2) is 21.7 Å². The molecule has 1 aliphatic rings. The quantitative estimate of drug-likeness (QED) is 0.836. The molecule has 2 unspecified atom stereocenters. The first-order valence-electron chi connectivity index (χ1n) is 9.01. The molecule has 1 aliphatic heterocycles. The van der Waals surface area contributed by atoms with Gasteiger partial charge in [0.1, 0.15) is 5.82 Å². The first-order chi connectivity index (χ1) is 14.0. The highest BCUT2D eigenvalue weighted by atomic mass is 16.3. The molecule has 0 saturated heterocycles. The van der Waals surface area contributed by atoms with E-state index >= 15 is 0 Å². The number of aromatic nitrogens is 1. The smallest absolute Gasteiger partial charge is 0.256 e. The van der Waals surface area contributed by atoms with E-state index in [1.165, 1.54) is 6.20 Å². The van der Waals surface area contributed by atoms with Gasteiger partial charge in [-0.2, -0.15) is 10.5 Å². The Morgan fingerprint density at radius 3 is 2.66 bits per heavy atom. The van der Waals surface area contributed by atoms with E-state index in [9.17, 15) is 15.3 Å². The summed E-state index contributed by atoms with van der Waals surface area (Å²) in [5.74, 6) is -1.04. The van der Waals surface area contributed by atoms with Crippen LogP contribution in [0.1, 0.15) is 41.3 Å². The Balaban J connectivity index is 1.92. The minimum atomic E-state index is -0.570. The molecule has 7 nitrogen and oxygen atoms in total. The van der Waals surface area contributed by atoms with Crippen LogP contribution in [0.15, 0.2) is 58.9 Å². The van der Waals surface area contributed by atoms with E-state index in [1.54, 1.807) is 44.2 Å². The Hall–Kier alpha value is -3.81. The average Bonchev–Trinajstić information content (AvgIpc) is 2.74. The number of nitriles is 2. The van der Waals surface area contributed by atoms with Gasteiger partial charge in [-0.25, -0.2) is 4.98 Å². The summed E-state index contributed by atoms with van der Waals surface area (Å²) in [6, 6.07) is 14.6. The van der Waals surface area contributed by atoms with Crippen molar-refractivity contribution in [2.24, 2.45) is 10.9 Å². The van der Waals surface area contributed by atoms with Crippen molar-refractivity contribution in [1.82, 2.24) is 4.98 Å². The lowest BCUT2D eigenvalue weighted by molar-refractivity contribution is 0.102. The largest absolute Gasteiger partial charge is 0.392 e. The van der Waals surface area contributed by atoms with Gasteiger partial charge in [-0.1, -0.05) is 18.2 Å². The lowest BCUT2D eigenvalue weighted by Gasteiger charge is -2.27. The predicted molar refractivity (Wildman–Crippen MR) is 108 cm³/mol. The monoisotopic (exact) mass is 385 g/mol. The first kappa shape index (κ1) is 19.9. The SMILES string of the molecule is CC1=NC(C)=C(C#N)C(c2cccc(C(=O)Nc3ccc(CO)cn3)c2)C1C#N. The highest BCUT2D eigenvalue weighted by molar-refractivity contribution is 6.04. The van der Waals surface area contributed by atoms with E-state index in [1.807, 2.05) is 6.07 Å². The highest BCUT2D eigenvalue weighted by Gasteiger charge is 2.34. The number of aliphatic imine (C=N–C) groups is 1. The Kier molecular flexibility index (Phi) is 5.82. The first-order valence-corrected chi connectivity index (χ1v) is 9.01. The molecule has 2 heterocycles. The van der Waals surface area contributed by atoms with Crippen LogP contribution in [-0.2, 0) is 6.61 Å². The van der Waals surface area contributed by atoms with Crippen molar-refractivity contribution in [2.75, 3.05) is 5.32 Å². The van der Waals surface area contributed by atoms with Crippen LogP contribution in [0.2, 0.25) is 0 Å². The molecule has 0 fully saturated rings. The molecule has 0 radical (unpaired) electrons.